The lowest BCUT2D eigenvalue weighted by Gasteiger charge is -2.32. The Labute approximate surface area is 108 Å². The van der Waals surface area contributed by atoms with Crippen molar-refractivity contribution in [3.8, 4) is 0 Å². The molecule has 0 aliphatic heterocycles. The summed E-state index contributed by atoms with van der Waals surface area (Å²) in [7, 11) is 1.81. The highest BCUT2D eigenvalue weighted by atomic mass is 35.5. The molecular formula is C13H19ClN2O. The fourth-order valence-corrected chi connectivity index (χ4v) is 1.69. The molecule has 0 N–H and O–H groups in total. The first kappa shape index (κ1) is 14.0. The molecule has 1 aromatic rings. The first-order chi connectivity index (χ1) is 7.90. The summed E-state index contributed by atoms with van der Waals surface area (Å²) in [6.45, 7) is 5.72. The van der Waals surface area contributed by atoms with Crippen LogP contribution in [0.1, 0.15) is 32.4 Å². The van der Waals surface area contributed by atoms with Gasteiger partial charge in [-0.15, -0.1) is 11.6 Å². The van der Waals surface area contributed by atoms with Gasteiger partial charge in [-0.05, 0) is 38.5 Å². The number of rotatable bonds is 4. The van der Waals surface area contributed by atoms with Gasteiger partial charge in [-0.25, -0.2) is 0 Å². The molecule has 1 unspecified atom stereocenters. The number of aromatic nitrogens is 1. The van der Waals surface area contributed by atoms with Crippen LogP contribution < -0.4 is 0 Å². The third-order valence-electron chi connectivity index (χ3n) is 3.00. The number of halogens is 1. The van der Waals surface area contributed by atoms with E-state index in [1.165, 1.54) is 0 Å². The van der Waals surface area contributed by atoms with E-state index in [0.29, 0.717) is 5.88 Å². The van der Waals surface area contributed by atoms with Crippen LogP contribution in [0.5, 0.6) is 0 Å². The second-order valence-corrected chi connectivity index (χ2v) is 5.16. The second kappa shape index (κ2) is 5.50. The van der Waals surface area contributed by atoms with Crippen molar-refractivity contribution in [2.45, 2.75) is 26.8 Å². The Bertz CT molecular complexity index is 378. The highest BCUT2D eigenvalue weighted by molar-refractivity contribution is 6.19. The first-order valence-electron chi connectivity index (χ1n) is 5.63. The minimum absolute atomic E-state index is 0.0213. The lowest BCUT2D eigenvalue weighted by molar-refractivity contribution is -0.139. The predicted octanol–water partition coefficient (Wildman–Crippen LogP) is 2.87. The van der Waals surface area contributed by atoms with E-state index in [0.717, 1.165) is 5.56 Å². The number of hydrogen-bond donors (Lipinski definition) is 0. The molecule has 1 aromatic heterocycles. The van der Waals surface area contributed by atoms with Crippen LogP contribution in [-0.2, 0) is 4.79 Å². The smallest absolute Gasteiger partial charge is 0.229 e. The summed E-state index contributed by atoms with van der Waals surface area (Å²) in [5.74, 6) is 0.371. The van der Waals surface area contributed by atoms with Gasteiger partial charge in [0, 0.05) is 25.3 Å². The third-order valence-corrected chi connectivity index (χ3v) is 3.67. The van der Waals surface area contributed by atoms with Crippen LogP contribution >= 0.6 is 11.6 Å². The fraction of sp³-hybridized carbons (Fsp3) is 0.538. The van der Waals surface area contributed by atoms with Crippen molar-refractivity contribution in [3.05, 3.63) is 30.1 Å². The summed E-state index contributed by atoms with van der Waals surface area (Å²) in [5, 5.41) is 0. The van der Waals surface area contributed by atoms with Crippen LogP contribution in [0.3, 0.4) is 0 Å². The van der Waals surface area contributed by atoms with Gasteiger partial charge < -0.3 is 4.90 Å². The minimum Gasteiger partial charge on any atom is -0.338 e. The zero-order chi connectivity index (χ0) is 13.1. The topological polar surface area (TPSA) is 33.2 Å². The van der Waals surface area contributed by atoms with Crippen LogP contribution in [0.15, 0.2) is 24.5 Å². The zero-order valence-electron chi connectivity index (χ0n) is 10.8. The van der Waals surface area contributed by atoms with Crippen LogP contribution in [0.2, 0.25) is 0 Å². The van der Waals surface area contributed by atoms with Crippen molar-refractivity contribution in [2.75, 3.05) is 12.9 Å². The maximum Gasteiger partial charge on any atom is 0.229 e. The highest BCUT2D eigenvalue weighted by Crippen LogP contribution is 2.26. The zero-order valence-corrected chi connectivity index (χ0v) is 11.5. The second-order valence-electron chi connectivity index (χ2n) is 4.89. The van der Waals surface area contributed by atoms with E-state index in [9.17, 15) is 4.79 Å². The van der Waals surface area contributed by atoms with Crippen LogP contribution in [0.25, 0.3) is 0 Å². The Morgan fingerprint density at radius 2 is 2.00 bits per heavy atom. The van der Waals surface area contributed by atoms with Gasteiger partial charge in [-0.2, -0.15) is 0 Å². The maximum absolute atomic E-state index is 12.2. The van der Waals surface area contributed by atoms with E-state index in [2.05, 4.69) is 4.98 Å². The molecule has 1 rings (SSSR count). The van der Waals surface area contributed by atoms with Gasteiger partial charge in [-0.1, -0.05) is 0 Å². The number of alkyl halides is 1. The summed E-state index contributed by atoms with van der Waals surface area (Å²) in [6, 6.07) is 3.86. The average Bonchev–Trinajstić information content (AvgIpc) is 2.37. The molecule has 0 aromatic carbocycles. The van der Waals surface area contributed by atoms with Gasteiger partial charge in [0.15, 0.2) is 0 Å². The monoisotopic (exact) mass is 254 g/mol. The molecule has 4 heteroatoms. The Hall–Kier alpha value is -1.09. The summed E-state index contributed by atoms with van der Waals surface area (Å²) >= 11 is 5.83. The molecule has 0 aliphatic carbocycles. The predicted molar refractivity (Wildman–Crippen MR) is 69.9 cm³/mol. The maximum atomic E-state index is 12.2. The van der Waals surface area contributed by atoms with Crippen molar-refractivity contribution < 1.29 is 4.79 Å². The molecule has 0 radical (unpaired) electrons. The van der Waals surface area contributed by atoms with Crippen molar-refractivity contribution in [1.29, 1.82) is 0 Å². The number of amides is 1. The summed E-state index contributed by atoms with van der Waals surface area (Å²) in [6.07, 6.45) is 3.47. The molecule has 94 valence electrons. The summed E-state index contributed by atoms with van der Waals surface area (Å²) in [4.78, 5) is 17.9. The van der Waals surface area contributed by atoms with E-state index in [1.54, 1.807) is 17.3 Å². The molecule has 0 aliphatic rings. The van der Waals surface area contributed by atoms with Crippen molar-refractivity contribution >= 4 is 17.5 Å². The molecule has 0 fully saturated rings. The van der Waals surface area contributed by atoms with Gasteiger partial charge in [0.25, 0.3) is 0 Å². The van der Waals surface area contributed by atoms with Gasteiger partial charge in [0.2, 0.25) is 5.91 Å². The van der Waals surface area contributed by atoms with Gasteiger partial charge in [0.05, 0.1) is 11.5 Å². The lowest BCUT2D eigenvalue weighted by atomic mass is 9.93. The number of carbonyl (C=O) groups is 1. The highest BCUT2D eigenvalue weighted by Gasteiger charge is 2.31. The van der Waals surface area contributed by atoms with Crippen molar-refractivity contribution in [2.24, 2.45) is 5.41 Å². The Morgan fingerprint density at radius 3 is 2.47 bits per heavy atom. The molecule has 0 bridgehead atoms. The molecule has 0 saturated heterocycles. The first-order valence-corrected chi connectivity index (χ1v) is 6.16. The van der Waals surface area contributed by atoms with Crippen LogP contribution in [0.4, 0.5) is 0 Å². The van der Waals surface area contributed by atoms with Gasteiger partial charge >= 0.3 is 0 Å². The van der Waals surface area contributed by atoms with Crippen molar-refractivity contribution in [3.63, 3.8) is 0 Å². The van der Waals surface area contributed by atoms with Crippen molar-refractivity contribution in [1.82, 2.24) is 9.88 Å². The number of carbonyl (C=O) groups excluding carboxylic acids is 1. The Balaban J connectivity index is 2.84. The minimum atomic E-state index is -0.530. The van der Waals surface area contributed by atoms with Gasteiger partial charge in [0.1, 0.15) is 0 Å². The largest absolute Gasteiger partial charge is 0.338 e. The molecule has 3 nitrogen and oxygen atoms in total. The summed E-state index contributed by atoms with van der Waals surface area (Å²) in [5.41, 5.74) is 0.540. The lowest BCUT2D eigenvalue weighted by Crippen LogP contribution is -2.40. The standard InChI is InChI=1S/C13H19ClN2O/c1-10(11-5-7-15-8-6-11)16(4)12(17)13(2,3)9-14/h5-8,10H,9H2,1-4H3. The van der Waals surface area contributed by atoms with E-state index >= 15 is 0 Å². The normalized spacial score (nSPS) is 13.2. The average molecular weight is 255 g/mol. The van der Waals surface area contributed by atoms with E-state index in [-0.39, 0.29) is 11.9 Å². The Morgan fingerprint density at radius 1 is 1.47 bits per heavy atom. The molecule has 0 saturated carbocycles. The van der Waals surface area contributed by atoms with E-state index in [4.69, 9.17) is 11.6 Å². The number of nitrogens with zero attached hydrogens (tertiary/aromatic N) is 2. The Kier molecular flexibility index (Phi) is 4.52. The molecule has 0 spiro atoms. The summed E-state index contributed by atoms with van der Waals surface area (Å²) < 4.78 is 0. The molecular weight excluding hydrogens is 236 g/mol. The molecule has 17 heavy (non-hydrogen) atoms. The molecule has 1 atom stereocenters. The fourth-order valence-electron chi connectivity index (χ4n) is 1.58. The van der Waals surface area contributed by atoms with E-state index < -0.39 is 5.41 Å². The quantitative estimate of drug-likeness (QED) is 0.774. The van der Waals surface area contributed by atoms with Gasteiger partial charge in [-0.3, -0.25) is 9.78 Å². The van der Waals surface area contributed by atoms with Crippen LogP contribution in [0, 0.1) is 5.41 Å². The molecule has 1 heterocycles. The number of hydrogen-bond acceptors (Lipinski definition) is 2. The van der Waals surface area contributed by atoms with E-state index in [1.807, 2.05) is 40.0 Å². The number of pyridine rings is 1. The SMILES string of the molecule is CC(c1ccncc1)N(C)C(=O)C(C)(C)CCl. The molecule has 1 amide bonds. The van der Waals surface area contributed by atoms with Crippen LogP contribution in [-0.4, -0.2) is 28.7 Å². The third kappa shape index (κ3) is 3.19.